The first-order chi connectivity index (χ1) is 11.7. The van der Waals surface area contributed by atoms with Crippen molar-refractivity contribution in [1.82, 2.24) is 20.1 Å². The SMILES string of the molecule is CCn1c(SCC(=O)NC(C)c2ccco2)nnc1-c1cccs1. The van der Waals surface area contributed by atoms with Gasteiger partial charge in [-0.15, -0.1) is 21.5 Å². The quantitative estimate of drug-likeness (QED) is 0.650. The Hall–Kier alpha value is -2.06. The molecule has 8 heteroatoms. The summed E-state index contributed by atoms with van der Waals surface area (Å²) >= 11 is 3.02. The zero-order valence-electron chi connectivity index (χ0n) is 13.4. The van der Waals surface area contributed by atoms with Gasteiger partial charge < -0.3 is 14.3 Å². The summed E-state index contributed by atoms with van der Waals surface area (Å²) in [7, 11) is 0. The van der Waals surface area contributed by atoms with Crippen LogP contribution in [0.4, 0.5) is 0 Å². The van der Waals surface area contributed by atoms with Gasteiger partial charge in [0.05, 0.1) is 22.9 Å². The van der Waals surface area contributed by atoms with Crippen molar-refractivity contribution in [1.29, 1.82) is 0 Å². The van der Waals surface area contributed by atoms with E-state index in [2.05, 4.69) is 15.5 Å². The molecular formula is C16H18N4O2S2. The molecule has 3 aromatic rings. The molecule has 0 aromatic carbocycles. The fraction of sp³-hybridized carbons (Fsp3) is 0.312. The number of nitrogens with one attached hydrogen (secondary N) is 1. The van der Waals surface area contributed by atoms with Gasteiger partial charge in [-0.25, -0.2) is 0 Å². The first kappa shape index (κ1) is 16.8. The lowest BCUT2D eigenvalue weighted by atomic mass is 10.2. The zero-order chi connectivity index (χ0) is 16.9. The van der Waals surface area contributed by atoms with E-state index in [1.807, 2.05) is 48.1 Å². The Morgan fingerprint density at radius 3 is 2.96 bits per heavy atom. The second-order valence-corrected chi connectivity index (χ2v) is 7.01. The molecule has 3 rings (SSSR count). The Morgan fingerprint density at radius 2 is 2.29 bits per heavy atom. The molecule has 0 saturated carbocycles. The van der Waals surface area contributed by atoms with Crippen molar-refractivity contribution in [2.24, 2.45) is 0 Å². The highest BCUT2D eigenvalue weighted by Crippen LogP contribution is 2.27. The normalized spacial score (nSPS) is 12.2. The van der Waals surface area contributed by atoms with Crippen molar-refractivity contribution in [2.45, 2.75) is 31.6 Å². The Kier molecular flexibility index (Phi) is 5.37. The van der Waals surface area contributed by atoms with Crippen molar-refractivity contribution in [3.8, 4) is 10.7 Å². The fourth-order valence-corrected chi connectivity index (χ4v) is 3.82. The molecule has 1 amide bonds. The summed E-state index contributed by atoms with van der Waals surface area (Å²) in [5.74, 6) is 1.81. The maximum Gasteiger partial charge on any atom is 0.231 e. The molecular weight excluding hydrogens is 344 g/mol. The number of hydrogen-bond donors (Lipinski definition) is 1. The average molecular weight is 362 g/mol. The molecule has 24 heavy (non-hydrogen) atoms. The zero-order valence-corrected chi connectivity index (χ0v) is 15.1. The Balaban J connectivity index is 1.61. The van der Waals surface area contributed by atoms with Gasteiger partial charge in [0.2, 0.25) is 5.91 Å². The minimum Gasteiger partial charge on any atom is -0.467 e. The lowest BCUT2D eigenvalue weighted by molar-refractivity contribution is -0.119. The van der Waals surface area contributed by atoms with E-state index in [1.54, 1.807) is 17.6 Å². The summed E-state index contributed by atoms with van der Waals surface area (Å²) in [5.41, 5.74) is 0. The van der Waals surface area contributed by atoms with E-state index in [0.717, 1.165) is 28.2 Å². The molecule has 0 aliphatic carbocycles. The highest BCUT2D eigenvalue weighted by Gasteiger charge is 2.16. The topological polar surface area (TPSA) is 73.0 Å². The van der Waals surface area contributed by atoms with Crippen LogP contribution >= 0.6 is 23.1 Å². The lowest BCUT2D eigenvalue weighted by Gasteiger charge is -2.11. The summed E-state index contributed by atoms with van der Waals surface area (Å²) in [6.07, 6.45) is 1.60. The van der Waals surface area contributed by atoms with Crippen molar-refractivity contribution >= 4 is 29.0 Å². The molecule has 1 N–H and O–H groups in total. The molecule has 0 aliphatic rings. The van der Waals surface area contributed by atoms with E-state index in [-0.39, 0.29) is 17.7 Å². The predicted octanol–water partition coefficient (Wildman–Crippen LogP) is 3.59. The van der Waals surface area contributed by atoms with E-state index < -0.39 is 0 Å². The number of rotatable bonds is 7. The van der Waals surface area contributed by atoms with Crippen LogP contribution in [0.2, 0.25) is 0 Å². The summed E-state index contributed by atoms with van der Waals surface area (Å²) in [5, 5.41) is 14.2. The maximum atomic E-state index is 12.1. The molecule has 126 valence electrons. The molecule has 0 spiro atoms. The summed E-state index contributed by atoms with van der Waals surface area (Å²) < 4.78 is 7.32. The number of nitrogens with zero attached hydrogens (tertiary/aromatic N) is 3. The predicted molar refractivity (Wildman–Crippen MR) is 95.0 cm³/mol. The van der Waals surface area contributed by atoms with E-state index >= 15 is 0 Å². The van der Waals surface area contributed by atoms with Gasteiger partial charge in [-0.3, -0.25) is 4.79 Å². The first-order valence-electron chi connectivity index (χ1n) is 7.61. The number of aromatic nitrogens is 3. The minimum atomic E-state index is -0.154. The summed E-state index contributed by atoms with van der Waals surface area (Å²) in [6, 6.07) is 7.51. The van der Waals surface area contributed by atoms with E-state index in [0.29, 0.717) is 0 Å². The maximum absolute atomic E-state index is 12.1. The minimum absolute atomic E-state index is 0.0628. The Morgan fingerprint density at radius 1 is 1.42 bits per heavy atom. The van der Waals surface area contributed by atoms with E-state index in [9.17, 15) is 4.79 Å². The van der Waals surface area contributed by atoms with Crippen molar-refractivity contribution in [3.63, 3.8) is 0 Å². The number of carbonyl (C=O) groups excluding carboxylic acids is 1. The van der Waals surface area contributed by atoms with Crippen LogP contribution in [0.25, 0.3) is 10.7 Å². The van der Waals surface area contributed by atoms with Crippen LogP contribution in [0, 0.1) is 0 Å². The molecule has 0 saturated heterocycles. The van der Waals surface area contributed by atoms with Crippen LogP contribution in [0.3, 0.4) is 0 Å². The lowest BCUT2D eigenvalue weighted by Crippen LogP contribution is -2.28. The van der Waals surface area contributed by atoms with Crippen LogP contribution in [0.1, 0.15) is 25.6 Å². The number of amides is 1. The smallest absolute Gasteiger partial charge is 0.231 e. The van der Waals surface area contributed by atoms with Crippen molar-refractivity contribution in [2.75, 3.05) is 5.75 Å². The van der Waals surface area contributed by atoms with Gasteiger partial charge in [-0.05, 0) is 37.4 Å². The van der Waals surface area contributed by atoms with Gasteiger partial charge in [0.1, 0.15) is 5.76 Å². The van der Waals surface area contributed by atoms with Crippen LogP contribution in [0.5, 0.6) is 0 Å². The van der Waals surface area contributed by atoms with Gasteiger partial charge in [0.25, 0.3) is 0 Å². The van der Waals surface area contributed by atoms with Gasteiger partial charge in [0, 0.05) is 6.54 Å². The third-order valence-corrected chi connectivity index (χ3v) is 5.29. The van der Waals surface area contributed by atoms with Gasteiger partial charge in [-0.2, -0.15) is 0 Å². The summed E-state index contributed by atoms with van der Waals surface area (Å²) in [6.45, 7) is 4.70. The van der Waals surface area contributed by atoms with Gasteiger partial charge >= 0.3 is 0 Å². The van der Waals surface area contributed by atoms with E-state index in [1.165, 1.54) is 11.8 Å². The molecule has 6 nitrogen and oxygen atoms in total. The van der Waals surface area contributed by atoms with Crippen LogP contribution in [-0.2, 0) is 11.3 Å². The molecule has 3 aromatic heterocycles. The van der Waals surface area contributed by atoms with Crippen LogP contribution < -0.4 is 5.32 Å². The third-order valence-electron chi connectivity index (χ3n) is 3.45. The fourth-order valence-electron chi connectivity index (χ4n) is 2.29. The second kappa shape index (κ2) is 7.67. The standard InChI is InChI=1S/C16H18N4O2S2/c1-3-20-15(13-7-5-9-23-13)18-19-16(20)24-10-14(21)17-11(2)12-6-4-8-22-12/h4-9,11H,3,10H2,1-2H3,(H,17,21). The number of thioether (sulfide) groups is 1. The summed E-state index contributed by atoms with van der Waals surface area (Å²) in [4.78, 5) is 13.2. The molecule has 1 unspecified atom stereocenters. The number of carbonyl (C=O) groups is 1. The Labute approximate surface area is 148 Å². The van der Waals surface area contributed by atoms with Crippen LogP contribution in [0.15, 0.2) is 45.5 Å². The van der Waals surface area contributed by atoms with Crippen molar-refractivity contribution < 1.29 is 9.21 Å². The third kappa shape index (κ3) is 3.70. The molecule has 0 fully saturated rings. The number of furan rings is 1. The van der Waals surface area contributed by atoms with Crippen LogP contribution in [-0.4, -0.2) is 26.4 Å². The Bertz CT molecular complexity index is 781. The largest absolute Gasteiger partial charge is 0.467 e. The average Bonchev–Trinajstić information content (AvgIpc) is 3.33. The molecule has 0 aliphatic heterocycles. The molecule has 0 radical (unpaired) electrons. The van der Waals surface area contributed by atoms with Gasteiger partial charge in [-0.1, -0.05) is 17.8 Å². The first-order valence-corrected chi connectivity index (χ1v) is 9.48. The van der Waals surface area contributed by atoms with Gasteiger partial charge in [0.15, 0.2) is 11.0 Å². The molecule has 0 bridgehead atoms. The molecule has 1 atom stereocenters. The molecule has 3 heterocycles. The monoisotopic (exact) mass is 362 g/mol. The number of hydrogen-bond acceptors (Lipinski definition) is 6. The highest BCUT2D eigenvalue weighted by atomic mass is 32.2. The number of thiophene rings is 1. The highest BCUT2D eigenvalue weighted by molar-refractivity contribution is 7.99. The van der Waals surface area contributed by atoms with E-state index in [4.69, 9.17) is 4.42 Å². The van der Waals surface area contributed by atoms with Crippen molar-refractivity contribution in [3.05, 3.63) is 41.7 Å². The second-order valence-electron chi connectivity index (χ2n) is 5.12.